The molecular formula is C24H32N4O2. The van der Waals surface area contributed by atoms with Gasteiger partial charge in [-0.3, -0.25) is 9.59 Å². The Balaban J connectivity index is 1.72. The van der Waals surface area contributed by atoms with Crippen molar-refractivity contribution >= 4 is 11.8 Å². The van der Waals surface area contributed by atoms with Crippen LogP contribution in [0.25, 0.3) is 0 Å². The van der Waals surface area contributed by atoms with Gasteiger partial charge >= 0.3 is 0 Å². The molecule has 1 atom stereocenters. The average Bonchev–Trinajstić information content (AvgIpc) is 2.79. The molecule has 0 radical (unpaired) electrons. The Kier molecular flexibility index (Phi) is 7.57. The van der Waals surface area contributed by atoms with E-state index in [-0.39, 0.29) is 23.4 Å². The van der Waals surface area contributed by atoms with Gasteiger partial charge < -0.3 is 15.5 Å². The van der Waals surface area contributed by atoms with E-state index in [4.69, 9.17) is 0 Å². The summed E-state index contributed by atoms with van der Waals surface area (Å²) in [5.74, 6) is 0.185. The van der Waals surface area contributed by atoms with Crippen molar-refractivity contribution in [2.45, 2.75) is 32.1 Å². The summed E-state index contributed by atoms with van der Waals surface area (Å²) in [5, 5.41) is 5.64. The van der Waals surface area contributed by atoms with E-state index in [9.17, 15) is 9.59 Å². The molecule has 2 N–H and O–H groups in total. The zero-order valence-corrected chi connectivity index (χ0v) is 18.1. The highest BCUT2D eigenvalue weighted by Crippen LogP contribution is 2.24. The van der Waals surface area contributed by atoms with Gasteiger partial charge in [0, 0.05) is 30.8 Å². The number of nitrogens with zero attached hydrogens (tertiary/aromatic N) is 2. The van der Waals surface area contributed by atoms with E-state index in [0.29, 0.717) is 23.7 Å². The van der Waals surface area contributed by atoms with Crippen molar-refractivity contribution in [3.63, 3.8) is 0 Å². The van der Waals surface area contributed by atoms with Gasteiger partial charge in [0.1, 0.15) is 5.69 Å². The number of pyridine rings is 1. The summed E-state index contributed by atoms with van der Waals surface area (Å²) in [6.45, 7) is 4.93. The average molecular weight is 409 g/mol. The van der Waals surface area contributed by atoms with Crippen LogP contribution < -0.4 is 10.6 Å². The number of carbonyl (C=O) groups is 2. The van der Waals surface area contributed by atoms with Crippen LogP contribution in [0.5, 0.6) is 0 Å². The summed E-state index contributed by atoms with van der Waals surface area (Å²) in [7, 11) is 3.72. The monoisotopic (exact) mass is 408 g/mol. The zero-order valence-electron chi connectivity index (χ0n) is 18.1. The highest BCUT2D eigenvalue weighted by Gasteiger charge is 2.19. The minimum Gasteiger partial charge on any atom is -0.354 e. The molecule has 0 spiro atoms. The quantitative estimate of drug-likeness (QED) is 0.738. The first-order valence-electron chi connectivity index (χ1n) is 10.7. The Morgan fingerprint density at radius 1 is 1.13 bits per heavy atom. The van der Waals surface area contributed by atoms with E-state index in [1.807, 2.05) is 37.3 Å². The van der Waals surface area contributed by atoms with Crippen molar-refractivity contribution in [1.29, 1.82) is 0 Å². The molecule has 6 heteroatoms. The molecule has 1 aliphatic heterocycles. The molecule has 1 aliphatic rings. The lowest BCUT2D eigenvalue weighted by molar-refractivity contribution is 0.0948. The minimum atomic E-state index is -0.294. The third kappa shape index (κ3) is 5.66. The molecule has 3 rings (SSSR count). The Morgan fingerprint density at radius 2 is 1.83 bits per heavy atom. The summed E-state index contributed by atoms with van der Waals surface area (Å²) in [6.07, 6.45) is 3.35. The van der Waals surface area contributed by atoms with Crippen LogP contribution in [0.1, 0.15) is 64.2 Å². The molecule has 0 aliphatic carbocycles. The largest absolute Gasteiger partial charge is 0.354 e. The Bertz CT molecular complexity index is 861. The number of likely N-dealkylation sites (tertiary alicyclic amines) is 1. The fourth-order valence-electron chi connectivity index (χ4n) is 3.90. The predicted molar refractivity (Wildman–Crippen MR) is 119 cm³/mol. The Morgan fingerprint density at radius 3 is 2.50 bits per heavy atom. The molecule has 2 heterocycles. The van der Waals surface area contributed by atoms with Gasteiger partial charge in [-0.25, -0.2) is 4.98 Å². The lowest BCUT2D eigenvalue weighted by Gasteiger charge is -2.28. The third-order valence-corrected chi connectivity index (χ3v) is 5.99. The summed E-state index contributed by atoms with van der Waals surface area (Å²) < 4.78 is 0. The maximum absolute atomic E-state index is 12.8. The van der Waals surface area contributed by atoms with Crippen molar-refractivity contribution in [1.82, 2.24) is 20.5 Å². The highest BCUT2D eigenvalue weighted by atomic mass is 16.2. The summed E-state index contributed by atoms with van der Waals surface area (Å²) in [4.78, 5) is 31.9. The van der Waals surface area contributed by atoms with Crippen LogP contribution in [0.15, 0.2) is 42.5 Å². The van der Waals surface area contributed by atoms with Crippen molar-refractivity contribution in [3.8, 4) is 0 Å². The van der Waals surface area contributed by atoms with Crippen LogP contribution in [0, 0.1) is 5.92 Å². The molecule has 1 aromatic heterocycles. The van der Waals surface area contributed by atoms with Crippen LogP contribution >= 0.6 is 0 Å². The fourth-order valence-corrected chi connectivity index (χ4v) is 3.90. The molecule has 30 heavy (non-hydrogen) atoms. The van der Waals surface area contributed by atoms with E-state index >= 15 is 0 Å². The molecule has 1 saturated heterocycles. The molecule has 0 saturated carbocycles. The van der Waals surface area contributed by atoms with Crippen LogP contribution in [-0.2, 0) is 0 Å². The lowest BCUT2D eigenvalue weighted by Crippen LogP contribution is -2.33. The van der Waals surface area contributed by atoms with Crippen molar-refractivity contribution in [3.05, 3.63) is 65.0 Å². The van der Waals surface area contributed by atoms with E-state index < -0.39 is 0 Å². The molecule has 1 fully saturated rings. The maximum atomic E-state index is 12.8. The molecule has 160 valence electrons. The van der Waals surface area contributed by atoms with Crippen molar-refractivity contribution < 1.29 is 9.59 Å². The first kappa shape index (κ1) is 22.0. The third-order valence-electron chi connectivity index (χ3n) is 5.99. The molecule has 2 amide bonds. The Hall–Kier alpha value is -2.73. The van der Waals surface area contributed by atoms with Crippen LogP contribution in [0.2, 0.25) is 0 Å². The van der Waals surface area contributed by atoms with E-state index in [2.05, 4.69) is 27.6 Å². The lowest BCUT2D eigenvalue weighted by atomic mass is 9.94. The van der Waals surface area contributed by atoms with Crippen LogP contribution in [0.3, 0.4) is 0 Å². The second kappa shape index (κ2) is 10.3. The van der Waals surface area contributed by atoms with Crippen molar-refractivity contribution in [2.24, 2.45) is 5.92 Å². The van der Waals surface area contributed by atoms with Crippen molar-refractivity contribution in [2.75, 3.05) is 33.7 Å². The van der Waals surface area contributed by atoms with Gasteiger partial charge in [0.15, 0.2) is 0 Å². The van der Waals surface area contributed by atoms with Gasteiger partial charge in [-0.15, -0.1) is 0 Å². The first-order chi connectivity index (χ1) is 14.5. The van der Waals surface area contributed by atoms with E-state index in [1.54, 1.807) is 19.2 Å². The number of rotatable bonds is 7. The van der Waals surface area contributed by atoms with Crippen LogP contribution in [-0.4, -0.2) is 55.4 Å². The van der Waals surface area contributed by atoms with Gasteiger partial charge in [-0.2, -0.15) is 0 Å². The number of aromatic nitrogens is 1. The SMILES string of the molecule is CNC(=O)c1cc(C(=O)NCCC2CCN(C)CC2)cc(C(C)c2ccccc2)n1. The second-order valence-corrected chi connectivity index (χ2v) is 8.17. The molecule has 6 nitrogen and oxygen atoms in total. The fraction of sp³-hybridized carbons (Fsp3) is 0.458. The number of carbonyl (C=O) groups excluding carboxylic acids is 2. The van der Waals surface area contributed by atoms with Gasteiger partial charge in [-0.1, -0.05) is 37.3 Å². The number of nitrogens with one attached hydrogen (secondary N) is 2. The zero-order chi connectivity index (χ0) is 21.5. The normalized spacial score (nSPS) is 16.1. The number of benzene rings is 1. The minimum absolute atomic E-state index is 0.0263. The molecule has 2 aromatic rings. The van der Waals surface area contributed by atoms with Gasteiger partial charge in [-0.05, 0) is 63.0 Å². The van der Waals surface area contributed by atoms with Gasteiger partial charge in [0.25, 0.3) is 11.8 Å². The molecule has 1 aromatic carbocycles. The number of hydrogen-bond acceptors (Lipinski definition) is 4. The smallest absolute Gasteiger partial charge is 0.269 e. The molecular weight excluding hydrogens is 376 g/mol. The van der Waals surface area contributed by atoms with Gasteiger partial charge in [0.2, 0.25) is 0 Å². The summed E-state index contributed by atoms with van der Waals surface area (Å²) in [5.41, 5.74) is 2.54. The first-order valence-corrected chi connectivity index (χ1v) is 10.7. The topological polar surface area (TPSA) is 74.3 Å². The van der Waals surface area contributed by atoms with E-state index in [1.165, 1.54) is 12.8 Å². The molecule has 0 bridgehead atoms. The maximum Gasteiger partial charge on any atom is 0.269 e. The highest BCUT2D eigenvalue weighted by molar-refractivity contribution is 5.98. The van der Waals surface area contributed by atoms with Gasteiger partial charge in [0.05, 0.1) is 0 Å². The number of piperidine rings is 1. The number of hydrogen-bond donors (Lipinski definition) is 2. The molecule has 1 unspecified atom stereocenters. The van der Waals surface area contributed by atoms with Crippen LogP contribution in [0.4, 0.5) is 0 Å². The number of amides is 2. The predicted octanol–water partition coefficient (Wildman–Crippen LogP) is 3.05. The second-order valence-electron chi connectivity index (χ2n) is 8.17. The van der Waals surface area contributed by atoms with E-state index in [0.717, 1.165) is 25.1 Å². The Labute approximate surface area is 179 Å². The standard InChI is InChI=1S/C24H32N4O2/c1-17(19-7-5-4-6-8-19)21-15-20(16-22(27-21)24(30)25-2)23(29)26-12-9-18-10-13-28(3)14-11-18/h4-8,15-18H,9-14H2,1-3H3,(H,25,30)(H,26,29). The summed E-state index contributed by atoms with van der Waals surface area (Å²) >= 11 is 0. The summed E-state index contributed by atoms with van der Waals surface area (Å²) in [6, 6.07) is 13.4.